The molecule has 0 aliphatic carbocycles. The summed E-state index contributed by atoms with van der Waals surface area (Å²) in [5.74, 6) is 0.586. The summed E-state index contributed by atoms with van der Waals surface area (Å²) >= 11 is 1.44. The van der Waals surface area contributed by atoms with Crippen LogP contribution in [0.25, 0.3) is 28.5 Å². The van der Waals surface area contributed by atoms with E-state index in [1.54, 1.807) is 28.8 Å². The van der Waals surface area contributed by atoms with Crippen molar-refractivity contribution in [2.75, 3.05) is 0 Å². The Morgan fingerprint density at radius 2 is 1.76 bits per heavy atom. The van der Waals surface area contributed by atoms with E-state index >= 15 is 0 Å². The summed E-state index contributed by atoms with van der Waals surface area (Å²) in [5.41, 5.74) is 2.09. The van der Waals surface area contributed by atoms with Gasteiger partial charge in [-0.1, -0.05) is 47.7 Å². The molecule has 25 heavy (non-hydrogen) atoms. The molecule has 0 fully saturated rings. The van der Waals surface area contributed by atoms with E-state index in [2.05, 4.69) is 15.3 Å². The number of nitrogens with one attached hydrogen (secondary N) is 1. The third-order valence-electron chi connectivity index (χ3n) is 3.61. The molecule has 2 heterocycles. The lowest BCUT2D eigenvalue weighted by Crippen LogP contribution is -2.99. The molecular weight excluding hydrogens is 338 g/mol. The largest absolute Gasteiger partial charge is 0.595 e. The Kier molecular flexibility index (Phi) is 4.08. The first kappa shape index (κ1) is 15.6. The lowest BCUT2D eigenvalue weighted by molar-refractivity contribution is -0.991. The number of aromatic nitrogens is 4. The zero-order valence-corrected chi connectivity index (χ0v) is 13.7. The first-order valence-corrected chi connectivity index (χ1v) is 8.31. The predicted molar refractivity (Wildman–Crippen MR) is 95.2 cm³/mol. The van der Waals surface area contributed by atoms with E-state index < -0.39 is 5.23 Å². The summed E-state index contributed by atoms with van der Waals surface area (Å²) in [7, 11) is 0. The maximum atomic E-state index is 11.0. The van der Waals surface area contributed by atoms with Crippen molar-refractivity contribution in [3.05, 3.63) is 70.4 Å². The van der Waals surface area contributed by atoms with Gasteiger partial charge >= 0.3 is 0 Å². The van der Waals surface area contributed by atoms with Gasteiger partial charge in [0.2, 0.25) is 4.96 Å². The molecule has 0 saturated carbocycles. The molecule has 0 bridgehead atoms. The number of hydrogen-bond acceptors (Lipinski definition) is 6. The minimum atomic E-state index is -0.958. The zero-order valence-electron chi connectivity index (χ0n) is 12.9. The highest BCUT2D eigenvalue weighted by Crippen LogP contribution is 2.23. The SMILES string of the molecule is [O-][NH+](O)c1ccc(-c2nnc3sc(C=Cc4ccccc4)nn23)cc1. The van der Waals surface area contributed by atoms with Crippen molar-refractivity contribution in [2.45, 2.75) is 0 Å². The highest BCUT2D eigenvalue weighted by atomic mass is 32.1. The van der Waals surface area contributed by atoms with Crippen LogP contribution in [0.2, 0.25) is 0 Å². The van der Waals surface area contributed by atoms with Crippen molar-refractivity contribution in [3.8, 4) is 11.4 Å². The maximum Gasteiger partial charge on any atom is 0.235 e. The molecule has 4 rings (SSSR count). The van der Waals surface area contributed by atoms with E-state index in [0.29, 0.717) is 10.8 Å². The van der Waals surface area contributed by atoms with Gasteiger partial charge in [0.1, 0.15) is 5.01 Å². The van der Waals surface area contributed by atoms with Gasteiger partial charge in [-0.2, -0.15) is 14.8 Å². The zero-order chi connectivity index (χ0) is 17.2. The van der Waals surface area contributed by atoms with E-state index in [0.717, 1.165) is 16.1 Å². The van der Waals surface area contributed by atoms with Gasteiger partial charge in [0.25, 0.3) is 0 Å². The number of nitrogens with zero attached hydrogens (tertiary/aromatic N) is 4. The van der Waals surface area contributed by atoms with Crippen LogP contribution < -0.4 is 5.23 Å². The fraction of sp³-hybridized carbons (Fsp3) is 0. The number of rotatable bonds is 4. The number of fused-ring (bicyclic) bond motifs is 1. The molecule has 7 nitrogen and oxygen atoms in total. The fourth-order valence-electron chi connectivity index (χ4n) is 2.37. The van der Waals surface area contributed by atoms with E-state index in [9.17, 15) is 5.21 Å². The molecule has 4 aromatic rings. The third-order valence-corrected chi connectivity index (χ3v) is 4.48. The Balaban J connectivity index is 1.65. The molecule has 0 radical (unpaired) electrons. The average molecular weight is 351 g/mol. The van der Waals surface area contributed by atoms with Gasteiger partial charge in [-0.25, -0.2) is 5.21 Å². The highest BCUT2D eigenvalue weighted by molar-refractivity contribution is 7.17. The van der Waals surface area contributed by atoms with Crippen LogP contribution in [0.3, 0.4) is 0 Å². The van der Waals surface area contributed by atoms with Crippen molar-refractivity contribution in [1.82, 2.24) is 19.8 Å². The van der Waals surface area contributed by atoms with Crippen molar-refractivity contribution < 1.29 is 10.4 Å². The molecule has 2 aromatic carbocycles. The molecule has 0 spiro atoms. The summed E-state index contributed by atoms with van der Waals surface area (Å²) in [5, 5.41) is 32.6. The highest BCUT2D eigenvalue weighted by Gasteiger charge is 2.13. The number of quaternary nitrogens is 1. The lowest BCUT2D eigenvalue weighted by Gasteiger charge is -2.10. The minimum absolute atomic E-state index is 0.231. The second-order valence-corrected chi connectivity index (χ2v) is 6.27. The maximum absolute atomic E-state index is 11.0. The lowest BCUT2D eigenvalue weighted by atomic mass is 10.2. The standard InChI is InChI=1S/C17H13N5O2S/c23-22(24)14-9-7-13(8-10-14)16-18-19-17-21(16)20-15(25-17)11-6-12-4-2-1-3-5-12/h1-11,22-23H. The average Bonchev–Trinajstić information content (AvgIpc) is 3.21. The molecule has 1 atom stereocenters. The Morgan fingerprint density at radius 1 is 1.00 bits per heavy atom. The molecule has 0 saturated heterocycles. The summed E-state index contributed by atoms with van der Waals surface area (Å²) < 4.78 is 1.67. The van der Waals surface area contributed by atoms with Gasteiger partial charge in [0.15, 0.2) is 11.5 Å². The van der Waals surface area contributed by atoms with Crippen LogP contribution in [0.1, 0.15) is 10.6 Å². The minimum Gasteiger partial charge on any atom is -0.595 e. The molecule has 2 N–H and O–H groups in total. The summed E-state index contributed by atoms with van der Waals surface area (Å²) in [6, 6.07) is 16.5. The van der Waals surface area contributed by atoms with Gasteiger partial charge in [0, 0.05) is 17.7 Å². The molecule has 8 heteroatoms. The van der Waals surface area contributed by atoms with Gasteiger partial charge < -0.3 is 5.21 Å². The molecule has 2 aromatic heterocycles. The van der Waals surface area contributed by atoms with Gasteiger partial charge in [0.05, 0.1) is 0 Å². The Labute approximate surface area is 146 Å². The summed E-state index contributed by atoms with van der Waals surface area (Å²) in [6.07, 6.45) is 3.93. The molecule has 1 unspecified atom stereocenters. The van der Waals surface area contributed by atoms with E-state index in [1.165, 1.54) is 11.3 Å². The van der Waals surface area contributed by atoms with Gasteiger partial charge in [-0.15, -0.1) is 10.2 Å². The van der Waals surface area contributed by atoms with Crippen LogP contribution >= 0.6 is 11.3 Å². The molecule has 0 aliphatic rings. The van der Waals surface area contributed by atoms with E-state index in [1.807, 2.05) is 42.5 Å². The Hall–Kier alpha value is -2.91. The van der Waals surface area contributed by atoms with Crippen LogP contribution in [0.4, 0.5) is 5.69 Å². The van der Waals surface area contributed by atoms with Crippen molar-refractivity contribution >= 4 is 34.1 Å². The second kappa shape index (κ2) is 6.54. The van der Waals surface area contributed by atoms with Crippen LogP contribution in [0.5, 0.6) is 0 Å². The van der Waals surface area contributed by atoms with E-state index in [-0.39, 0.29) is 5.69 Å². The molecule has 0 amide bonds. The van der Waals surface area contributed by atoms with Gasteiger partial charge in [-0.05, 0) is 23.8 Å². The third kappa shape index (κ3) is 3.19. The van der Waals surface area contributed by atoms with Crippen molar-refractivity contribution in [1.29, 1.82) is 0 Å². The van der Waals surface area contributed by atoms with Crippen molar-refractivity contribution in [3.63, 3.8) is 0 Å². The smallest absolute Gasteiger partial charge is 0.235 e. The second-order valence-electron chi connectivity index (χ2n) is 5.28. The topological polar surface area (TPSA) is 90.8 Å². The molecular formula is C17H13N5O2S. The Morgan fingerprint density at radius 3 is 2.48 bits per heavy atom. The summed E-state index contributed by atoms with van der Waals surface area (Å²) in [6.45, 7) is 0. The van der Waals surface area contributed by atoms with Crippen LogP contribution in [-0.4, -0.2) is 25.0 Å². The number of hydrogen-bond donors (Lipinski definition) is 2. The first-order valence-electron chi connectivity index (χ1n) is 7.50. The first-order chi connectivity index (χ1) is 12.2. The molecule has 0 aliphatic heterocycles. The quantitative estimate of drug-likeness (QED) is 0.551. The monoisotopic (exact) mass is 351 g/mol. The van der Waals surface area contributed by atoms with E-state index in [4.69, 9.17) is 5.21 Å². The van der Waals surface area contributed by atoms with Crippen LogP contribution in [0.15, 0.2) is 54.6 Å². The van der Waals surface area contributed by atoms with Crippen molar-refractivity contribution in [2.24, 2.45) is 0 Å². The normalized spacial score (nSPS) is 12.9. The van der Waals surface area contributed by atoms with Crippen LogP contribution in [-0.2, 0) is 0 Å². The van der Waals surface area contributed by atoms with Gasteiger partial charge in [-0.3, -0.25) is 0 Å². The summed E-state index contributed by atoms with van der Waals surface area (Å²) in [4.78, 5) is 0.685. The fourth-order valence-corrected chi connectivity index (χ4v) is 3.11. The Bertz CT molecular complexity index is 1020. The number of benzene rings is 2. The molecule has 124 valence electrons. The van der Waals surface area contributed by atoms with Crippen LogP contribution in [0, 0.1) is 5.21 Å². The predicted octanol–water partition coefficient (Wildman–Crippen LogP) is 2.43.